The minimum atomic E-state index is -1.56. The van der Waals surface area contributed by atoms with Crippen molar-refractivity contribution in [2.24, 2.45) is 0 Å². The molecule has 13 nitrogen and oxygen atoms in total. The number of H-pyrrole nitrogens is 2. The van der Waals surface area contributed by atoms with Crippen LogP contribution in [0.5, 0.6) is 5.75 Å². The van der Waals surface area contributed by atoms with E-state index in [2.05, 4.69) is 37.1 Å². The van der Waals surface area contributed by atoms with E-state index in [4.69, 9.17) is 19.4 Å². The molecule has 0 radical (unpaired) electrons. The fourth-order valence-electron chi connectivity index (χ4n) is 7.98. The molecule has 9 heterocycles. The van der Waals surface area contributed by atoms with Crippen molar-refractivity contribution < 1.29 is 29.9 Å². The number of aliphatic hydroxyl groups excluding tert-OH is 4. The zero-order valence-electron chi connectivity index (χ0n) is 31.8. The van der Waals surface area contributed by atoms with Gasteiger partial charge in [-0.2, -0.15) is 0 Å². The highest BCUT2D eigenvalue weighted by atomic mass is 16.7. The summed E-state index contributed by atoms with van der Waals surface area (Å²) in [4.78, 5) is 30.9. The van der Waals surface area contributed by atoms with Gasteiger partial charge >= 0.3 is 0 Å². The summed E-state index contributed by atoms with van der Waals surface area (Å²) in [5.74, 6) is 0.338. The van der Waals surface area contributed by atoms with Gasteiger partial charge in [0.25, 0.3) is 0 Å². The lowest BCUT2D eigenvalue weighted by Gasteiger charge is -2.39. The summed E-state index contributed by atoms with van der Waals surface area (Å²) in [6.07, 6.45) is 11.7. The van der Waals surface area contributed by atoms with Gasteiger partial charge in [-0.25, -0.2) is 9.97 Å². The number of hydrogen-bond donors (Lipinski definition) is 6. The van der Waals surface area contributed by atoms with Crippen LogP contribution in [0.2, 0.25) is 0 Å². The Hall–Kier alpha value is -7.13. The van der Waals surface area contributed by atoms with Crippen LogP contribution in [0.15, 0.2) is 122 Å². The molecule has 7 aromatic rings. The van der Waals surface area contributed by atoms with Crippen molar-refractivity contribution in [2.45, 2.75) is 30.7 Å². The summed E-state index contributed by atoms with van der Waals surface area (Å²) in [5.41, 5.74) is 13.5. The Morgan fingerprint density at radius 2 is 0.833 bits per heavy atom. The first-order valence-electron chi connectivity index (χ1n) is 19.4. The van der Waals surface area contributed by atoms with Crippen LogP contribution in [0, 0.1) is 0 Å². The molecule has 60 heavy (non-hydrogen) atoms. The van der Waals surface area contributed by atoms with E-state index in [0.717, 1.165) is 83.7 Å². The number of nitrogens with one attached hydrogen (secondary N) is 2. The number of nitrogens with zero attached hydrogens (tertiary/aromatic N) is 5. The molecule has 10 rings (SSSR count). The van der Waals surface area contributed by atoms with Crippen molar-refractivity contribution in [1.82, 2.24) is 34.9 Å². The van der Waals surface area contributed by atoms with E-state index in [0.29, 0.717) is 11.4 Å². The standard InChI is InChI=1S/C47H37N7O6/c55-25-39-44(56)45(57)46(58)47(60-39)59-30-3-1-26(2-4-30)40-31-5-7-33(51-31)41(27-13-19-48-20-14-27)35-9-11-37(53-35)43(29-17-23-50-24-18-29)38-12-10-36(54-38)42(28-15-21-49-22-16-28)34-8-6-32(40)52-34/h1-24,39,44-47,51,54-58H,25H2/t39-,44-,45+,46-,47-/m1/s1. The Balaban J connectivity index is 1.23. The van der Waals surface area contributed by atoms with Crippen LogP contribution < -0.4 is 4.74 Å². The number of aliphatic hydroxyl groups is 4. The fourth-order valence-corrected chi connectivity index (χ4v) is 7.98. The molecule has 6 N–H and O–H groups in total. The molecular formula is C47H37N7O6. The van der Waals surface area contributed by atoms with Crippen LogP contribution >= 0.6 is 0 Å². The number of aromatic amines is 2. The lowest BCUT2D eigenvalue weighted by atomic mass is 9.99. The van der Waals surface area contributed by atoms with E-state index in [-0.39, 0.29) is 0 Å². The third-order valence-electron chi connectivity index (χ3n) is 10.9. The molecule has 13 heteroatoms. The average molecular weight is 796 g/mol. The molecule has 3 aliphatic heterocycles. The molecule has 0 amide bonds. The van der Waals surface area contributed by atoms with Gasteiger partial charge in [-0.15, -0.1) is 0 Å². The van der Waals surface area contributed by atoms with Gasteiger partial charge in [-0.1, -0.05) is 12.1 Å². The summed E-state index contributed by atoms with van der Waals surface area (Å²) < 4.78 is 11.5. The second-order valence-electron chi connectivity index (χ2n) is 14.5. The Labute approximate surface area is 342 Å². The maximum atomic E-state index is 10.6. The second-order valence-corrected chi connectivity index (χ2v) is 14.5. The number of benzene rings is 1. The molecule has 296 valence electrons. The maximum Gasteiger partial charge on any atom is 0.229 e. The van der Waals surface area contributed by atoms with Crippen LogP contribution in [-0.2, 0) is 4.74 Å². The first kappa shape index (κ1) is 37.2. The quantitative estimate of drug-likeness (QED) is 0.101. The van der Waals surface area contributed by atoms with Crippen molar-refractivity contribution in [3.63, 3.8) is 0 Å². The van der Waals surface area contributed by atoms with Gasteiger partial charge in [0.1, 0.15) is 30.2 Å². The second kappa shape index (κ2) is 15.6. The monoisotopic (exact) mass is 795 g/mol. The summed E-state index contributed by atoms with van der Waals surface area (Å²) in [5, 5.41) is 40.9. The number of hydrogen-bond acceptors (Lipinski definition) is 11. The summed E-state index contributed by atoms with van der Waals surface area (Å²) in [7, 11) is 0. The molecule has 8 bridgehead atoms. The van der Waals surface area contributed by atoms with Gasteiger partial charge in [-0.3, -0.25) is 15.0 Å². The average Bonchev–Trinajstić information content (AvgIpc) is 4.14. The topological polar surface area (TPSA) is 195 Å². The number of pyridine rings is 3. The van der Waals surface area contributed by atoms with Gasteiger partial charge < -0.3 is 39.9 Å². The van der Waals surface area contributed by atoms with Crippen LogP contribution in [-0.4, -0.2) is 92.6 Å². The molecule has 1 saturated heterocycles. The first-order valence-corrected chi connectivity index (χ1v) is 19.4. The molecular weight excluding hydrogens is 759 g/mol. The summed E-state index contributed by atoms with van der Waals surface area (Å²) in [6, 6.07) is 27.2. The van der Waals surface area contributed by atoms with Gasteiger partial charge in [-0.05, 0) is 119 Å². The van der Waals surface area contributed by atoms with Crippen LogP contribution in [0.1, 0.15) is 22.8 Å². The molecule has 0 unspecified atom stereocenters. The van der Waals surface area contributed by atoms with E-state index in [1.807, 2.05) is 85.0 Å². The van der Waals surface area contributed by atoms with Crippen LogP contribution in [0.25, 0.3) is 90.9 Å². The highest BCUT2D eigenvalue weighted by molar-refractivity contribution is 5.99. The molecule has 5 atom stereocenters. The van der Waals surface area contributed by atoms with Crippen LogP contribution in [0.3, 0.4) is 0 Å². The SMILES string of the molecule is OC[C@H]1O[C@@H](Oc2ccc(-c3c4nc(c(-c5ccncc5)c5ccc([nH]5)c(-c5ccncc5)c5nc(c(-c6ccncc6)c6ccc3[nH]6)C=C5)C=C4)cc2)[C@H](O)[C@@H](O)[C@@H]1O. The molecule has 3 aliphatic rings. The van der Waals surface area contributed by atoms with Crippen molar-refractivity contribution in [3.05, 3.63) is 145 Å². The predicted molar refractivity (Wildman–Crippen MR) is 228 cm³/mol. The van der Waals surface area contributed by atoms with E-state index in [1.54, 1.807) is 49.3 Å². The number of ether oxygens (including phenoxy) is 2. The number of fused-ring (bicyclic) bond motifs is 8. The van der Waals surface area contributed by atoms with Crippen molar-refractivity contribution in [2.75, 3.05) is 6.61 Å². The third-order valence-corrected chi connectivity index (χ3v) is 10.9. The smallest absolute Gasteiger partial charge is 0.229 e. The van der Waals surface area contributed by atoms with Gasteiger partial charge in [0.15, 0.2) is 0 Å². The maximum absolute atomic E-state index is 10.6. The third kappa shape index (κ3) is 6.75. The Kier molecular flexibility index (Phi) is 9.64. The van der Waals surface area contributed by atoms with Crippen LogP contribution in [0.4, 0.5) is 0 Å². The van der Waals surface area contributed by atoms with E-state index < -0.39 is 37.3 Å². The van der Waals surface area contributed by atoms with E-state index >= 15 is 0 Å². The van der Waals surface area contributed by atoms with Gasteiger partial charge in [0, 0.05) is 81.5 Å². The number of aromatic nitrogens is 7. The number of rotatable bonds is 7. The molecule has 0 aliphatic carbocycles. The lowest BCUT2D eigenvalue weighted by Crippen LogP contribution is -2.60. The van der Waals surface area contributed by atoms with Gasteiger partial charge in [0.2, 0.25) is 6.29 Å². The molecule has 0 saturated carbocycles. The molecule has 6 aromatic heterocycles. The minimum Gasteiger partial charge on any atom is -0.462 e. The highest BCUT2D eigenvalue weighted by Gasteiger charge is 2.44. The normalized spacial score (nSPS) is 19.7. The zero-order valence-corrected chi connectivity index (χ0v) is 31.8. The van der Waals surface area contributed by atoms with E-state index in [1.165, 1.54) is 0 Å². The van der Waals surface area contributed by atoms with Crippen molar-refractivity contribution in [3.8, 4) is 50.3 Å². The fraction of sp³-hybridized carbons (Fsp3) is 0.128. The van der Waals surface area contributed by atoms with Crippen molar-refractivity contribution in [1.29, 1.82) is 0 Å². The summed E-state index contributed by atoms with van der Waals surface area (Å²) in [6.45, 7) is -0.561. The highest BCUT2D eigenvalue weighted by Crippen LogP contribution is 2.38. The Bertz CT molecular complexity index is 2900. The first-order chi connectivity index (χ1) is 29.4. The Morgan fingerprint density at radius 3 is 1.20 bits per heavy atom. The molecule has 1 fully saturated rings. The molecule has 0 spiro atoms. The zero-order chi connectivity index (χ0) is 40.7. The van der Waals surface area contributed by atoms with Crippen molar-refractivity contribution >= 4 is 46.4 Å². The molecule has 1 aromatic carbocycles. The summed E-state index contributed by atoms with van der Waals surface area (Å²) >= 11 is 0. The largest absolute Gasteiger partial charge is 0.462 e. The Morgan fingerprint density at radius 1 is 0.467 bits per heavy atom. The lowest BCUT2D eigenvalue weighted by molar-refractivity contribution is -0.277. The minimum absolute atomic E-state index is 0.338. The van der Waals surface area contributed by atoms with E-state index in [9.17, 15) is 20.4 Å². The van der Waals surface area contributed by atoms with Gasteiger partial charge in [0.05, 0.1) is 29.4 Å². The predicted octanol–water partition coefficient (Wildman–Crippen LogP) is 6.69.